The summed E-state index contributed by atoms with van der Waals surface area (Å²) < 4.78 is 1.09. The van der Waals surface area contributed by atoms with Crippen LogP contribution in [-0.4, -0.2) is 28.9 Å². The summed E-state index contributed by atoms with van der Waals surface area (Å²) >= 11 is 3.42. The molecule has 0 N–H and O–H groups in total. The molecule has 0 saturated carbocycles. The lowest BCUT2D eigenvalue weighted by Gasteiger charge is -2.27. The fourth-order valence-corrected chi connectivity index (χ4v) is 5.04. The SMILES string of the molecule is Cc1csc(SCc2ccc(C(=O)N3CC=C(c4ccccc4)CC3)cc2)n1. The van der Waals surface area contributed by atoms with Gasteiger partial charge in [-0.2, -0.15) is 0 Å². The number of thioether (sulfide) groups is 1. The van der Waals surface area contributed by atoms with Gasteiger partial charge in [-0.3, -0.25) is 4.79 Å². The largest absolute Gasteiger partial charge is 0.335 e. The van der Waals surface area contributed by atoms with Crippen LogP contribution in [0.1, 0.15) is 33.6 Å². The van der Waals surface area contributed by atoms with Gasteiger partial charge in [0.15, 0.2) is 0 Å². The third kappa shape index (κ3) is 4.54. The van der Waals surface area contributed by atoms with E-state index in [-0.39, 0.29) is 5.91 Å². The number of hydrogen-bond acceptors (Lipinski definition) is 4. The van der Waals surface area contributed by atoms with Crippen molar-refractivity contribution in [3.05, 3.63) is 88.4 Å². The summed E-state index contributed by atoms with van der Waals surface area (Å²) in [6.45, 7) is 3.45. The molecule has 0 unspecified atom stereocenters. The average molecular weight is 407 g/mol. The van der Waals surface area contributed by atoms with Crippen molar-refractivity contribution in [2.45, 2.75) is 23.4 Å². The molecule has 1 aromatic heterocycles. The average Bonchev–Trinajstić information content (AvgIpc) is 3.18. The molecule has 2 aromatic carbocycles. The quantitative estimate of drug-likeness (QED) is 0.512. The fourth-order valence-electron chi connectivity index (χ4n) is 3.24. The second kappa shape index (κ2) is 8.76. The monoisotopic (exact) mass is 406 g/mol. The first-order valence-corrected chi connectivity index (χ1v) is 11.2. The Balaban J connectivity index is 1.35. The first-order valence-electron chi connectivity index (χ1n) is 9.36. The molecule has 142 valence electrons. The topological polar surface area (TPSA) is 33.2 Å². The highest BCUT2D eigenvalue weighted by atomic mass is 32.2. The van der Waals surface area contributed by atoms with Crippen LogP contribution in [0.2, 0.25) is 0 Å². The van der Waals surface area contributed by atoms with E-state index in [1.165, 1.54) is 16.7 Å². The van der Waals surface area contributed by atoms with Crippen molar-refractivity contribution in [2.75, 3.05) is 13.1 Å². The minimum atomic E-state index is 0.109. The van der Waals surface area contributed by atoms with Crippen LogP contribution in [0.3, 0.4) is 0 Å². The number of carbonyl (C=O) groups is 1. The molecule has 0 fully saturated rings. The maximum Gasteiger partial charge on any atom is 0.254 e. The van der Waals surface area contributed by atoms with E-state index in [9.17, 15) is 4.79 Å². The van der Waals surface area contributed by atoms with E-state index in [1.807, 2.05) is 30.0 Å². The van der Waals surface area contributed by atoms with Crippen molar-refractivity contribution in [1.29, 1.82) is 0 Å². The summed E-state index contributed by atoms with van der Waals surface area (Å²) in [5.41, 5.74) is 5.62. The van der Waals surface area contributed by atoms with Crippen molar-refractivity contribution >= 4 is 34.6 Å². The molecule has 0 spiro atoms. The number of aromatic nitrogens is 1. The fraction of sp³-hybridized carbons (Fsp3) is 0.217. The van der Waals surface area contributed by atoms with Crippen LogP contribution < -0.4 is 0 Å². The highest BCUT2D eigenvalue weighted by Gasteiger charge is 2.19. The number of aryl methyl sites for hydroxylation is 1. The molecular weight excluding hydrogens is 384 g/mol. The van der Waals surface area contributed by atoms with E-state index in [1.54, 1.807) is 23.1 Å². The Labute approximate surface area is 174 Å². The maximum absolute atomic E-state index is 12.8. The molecule has 3 nitrogen and oxygen atoms in total. The minimum Gasteiger partial charge on any atom is -0.335 e. The van der Waals surface area contributed by atoms with Gasteiger partial charge in [-0.25, -0.2) is 4.98 Å². The van der Waals surface area contributed by atoms with Crippen LogP contribution in [0.4, 0.5) is 0 Å². The zero-order valence-corrected chi connectivity index (χ0v) is 17.4. The minimum absolute atomic E-state index is 0.109. The summed E-state index contributed by atoms with van der Waals surface area (Å²) in [5, 5.41) is 2.07. The van der Waals surface area contributed by atoms with E-state index < -0.39 is 0 Å². The molecule has 0 bridgehead atoms. The van der Waals surface area contributed by atoms with Gasteiger partial charge in [0.25, 0.3) is 5.91 Å². The van der Waals surface area contributed by atoms with Gasteiger partial charge in [0.05, 0.1) is 0 Å². The molecule has 1 aliphatic heterocycles. The van der Waals surface area contributed by atoms with Gasteiger partial charge in [0, 0.05) is 35.5 Å². The smallest absolute Gasteiger partial charge is 0.254 e. The molecule has 0 saturated heterocycles. The Hall–Kier alpha value is -2.37. The highest BCUT2D eigenvalue weighted by Crippen LogP contribution is 2.26. The van der Waals surface area contributed by atoms with Gasteiger partial charge >= 0.3 is 0 Å². The first-order chi connectivity index (χ1) is 13.7. The standard InChI is InChI=1S/C23H22N2OS2/c1-17-15-27-23(24-17)28-16-18-7-9-21(10-8-18)22(26)25-13-11-20(12-14-25)19-5-3-2-4-6-19/h2-11,15H,12-14,16H2,1H3. The molecule has 1 amide bonds. The first kappa shape index (κ1) is 19.0. The summed E-state index contributed by atoms with van der Waals surface area (Å²) in [6.07, 6.45) is 3.08. The number of nitrogens with zero attached hydrogens (tertiary/aromatic N) is 2. The lowest BCUT2D eigenvalue weighted by Crippen LogP contribution is -2.34. The van der Waals surface area contributed by atoms with E-state index in [0.717, 1.165) is 34.3 Å². The van der Waals surface area contributed by atoms with Crippen LogP contribution in [-0.2, 0) is 5.75 Å². The van der Waals surface area contributed by atoms with Crippen molar-refractivity contribution in [2.24, 2.45) is 0 Å². The summed E-state index contributed by atoms with van der Waals surface area (Å²) in [5.74, 6) is 0.979. The molecule has 28 heavy (non-hydrogen) atoms. The summed E-state index contributed by atoms with van der Waals surface area (Å²) in [7, 11) is 0. The van der Waals surface area contributed by atoms with Crippen molar-refractivity contribution in [3.63, 3.8) is 0 Å². The number of thiazole rings is 1. The van der Waals surface area contributed by atoms with E-state index >= 15 is 0 Å². The molecular formula is C23H22N2OS2. The Bertz CT molecular complexity index is 977. The Morgan fingerprint density at radius 1 is 1.14 bits per heavy atom. The Morgan fingerprint density at radius 2 is 1.93 bits per heavy atom. The zero-order chi connectivity index (χ0) is 19.3. The van der Waals surface area contributed by atoms with E-state index in [0.29, 0.717) is 6.54 Å². The summed E-state index contributed by atoms with van der Waals surface area (Å²) in [4.78, 5) is 19.2. The van der Waals surface area contributed by atoms with Gasteiger partial charge in [0.1, 0.15) is 4.34 Å². The Morgan fingerprint density at radius 3 is 2.57 bits per heavy atom. The number of carbonyl (C=O) groups excluding carboxylic acids is 1. The van der Waals surface area contributed by atoms with Crippen molar-refractivity contribution in [3.8, 4) is 0 Å². The normalized spacial score (nSPS) is 14.0. The van der Waals surface area contributed by atoms with Crippen LogP contribution in [0.25, 0.3) is 5.57 Å². The number of benzene rings is 2. The van der Waals surface area contributed by atoms with Gasteiger partial charge in [-0.05, 0) is 42.2 Å². The highest BCUT2D eigenvalue weighted by molar-refractivity contribution is 8.00. The van der Waals surface area contributed by atoms with Crippen LogP contribution >= 0.6 is 23.1 Å². The molecule has 4 rings (SSSR count). The van der Waals surface area contributed by atoms with Gasteiger partial charge in [-0.1, -0.05) is 60.3 Å². The Kier molecular flexibility index (Phi) is 5.93. The molecule has 0 atom stereocenters. The molecule has 3 aromatic rings. The molecule has 2 heterocycles. The van der Waals surface area contributed by atoms with E-state index in [4.69, 9.17) is 0 Å². The lowest BCUT2D eigenvalue weighted by atomic mass is 9.99. The number of hydrogen-bond donors (Lipinski definition) is 0. The predicted molar refractivity (Wildman–Crippen MR) is 118 cm³/mol. The molecule has 5 heteroatoms. The maximum atomic E-state index is 12.8. The zero-order valence-electron chi connectivity index (χ0n) is 15.8. The van der Waals surface area contributed by atoms with Gasteiger partial charge < -0.3 is 4.90 Å². The van der Waals surface area contributed by atoms with Crippen LogP contribution in [0.5, 0.6) is 0 Å². The third-order valence-electron chi connectivity index (χ3n) is 4.80. The summed E-state index contributed by atoms with van der Waals surface area (Å²) in [6, 6.07) is 18.4. The van der Waals surface area contributed by atoms with Crippen molar-refractivity contribution < 1.29 is 4.79 Å². The predicted octanol–water partition coefficient (Wildman–Crippen LogP) is 5.67. The molecule has 0 radical (unpaired) electrons. The number of rotatable bonds is 5. The van der Waals surface area contributed by atoms with Gasteiger partial charge in [0.2, 0.25) is 0 Å². The van der Waals surface area contributed by atoms with Crippen LogP contribution in [0.15, 0.2) is 70.4 Å². The van der Waals surface area contributed by atoms with Crippen molar-refractivity contribution in [1.82, 2.24) is 9.88 Å². The second-order valence-corrected chi connectivity index (χ2v) is 8.92. The van der Waals surface area contributed by atoms with Crippen LogP contribution in [0, 0.1) is 6.92 Å². The van der Waals surface area contributed by atoms with E-state index in [2.05, 4.69) is 52.8 Å². The molecule has 1 aliphatic rings. The molecule has 0 aliphatic carbocycles. The van der Waals surface area contributed by atoms with Gasteiger partial charge in [-0.15, -0.1) is 11.3 Å². The second-order valence-electron chi connectivity index (χ2n) is 6.84. The third-order valence-corrected chi connectivity index (χ3v) is 7.01. The number of amides is 1. The lowest BCUT2D eigenvalue weighted by molar-refractivity contribution is 0.0773.